The minimum atomic E-state index is -4.11. The summed E-state index contributed by atoms with van der Waals surface area (Å²) in [4.78, 5) is 21.2. The number of carbonyl (C=O) groups excluding carboxylic acids is 1. The predicted molar refractivity (Wildman–Crippen MR) is 120 cm³/mol. The summed E-state index contributed by atoms with van der Waals surface area (Å²) < 4.78 is 35.4. The second-order valence-electron chi connectivity index (χ2n) is 8.84. The van der Waals surface area contributed by atoms with Gasteiger partial charge in [-0.05, 0) is 48.1 Å². The van der Waals surface area contributed by atoms with Crippen molar-refractivity contribution in [3.8, 4) is 17.0 Å². The van der Waals surface area contributed by atoms with Gasteiger partial charge in [0.15, 0.2) is 5.03 Å². The lowest BCUT2D eigenvalue weighted by Gasteiger charge is -2.26. The Balaban J connectivity index is 1.89. The summed E-state index contributed by atoms with van der Waals surface area (Å²) in [5.41, 5.74) is 2.83. The molecular weight excluding hydrogens is 428 g/mol. The van der Waals surface area contributed by atoms with Gasteiger partial charge in [0.05, 0.1) is 18.3 Å². The number of hydrogen-bond acceptors (Lipinski definition) is 6. The molecule has 32 heavy (non-hydrogen) atoms. The van der Waals surface area contributed by atoms with Gasteiger partial charge in [-0.1, -0.05) is 32.0 Å². The number of ether oxygens (including phenoxy) is 1. The highest BCUT2D eigenvalue weighted by molar-refractivity contribution is 7.90. The molecule has 0 spiro atoms. The van der Waals surface area contributed by atoms with E-state index in [1.807, 2.05) is 58.0 Å². The largest absolute Gasteiger partial charge is 0.475 e. The first-order valence-corrected chi connectivity index (χ1v) is 11.9. The molecule has 4 bridgehead atoms. The van der Waals surface area contributed by atoms with Crippen LogP contribution in [-0.2, 0) is 26.8 Å². The molecule has 3 aromatic rings. The molecule has 1 N–H and O–H groups in total. The van der Waals surface area contributed by atoms with Crippen molar-refractivity contribution in [2.24, 2.45) is 0 Å². The average Bonchev–Trinajstić information content (AvgIpc) is 3.24. The SMILES string of the molecule is CC(C)c1cccc2c1CC(=O)NS(=O)(=O)c1cn(cn1)C(C)(C)COc1cc-2ccn1. The van der Waals surface area contributed by atoms with Crippen LogP contribution in [0.4, 0.5) is 0 Å². The van der Waals surface area contributed by atoms with Gasteiger partial charge in [-0.15, -0.1) is 0 Å². The number of imidazole rings is 1. The number of carbonyl (C=O) groups is 1. The molecule has 1 amide bonds. The molecule has 8 nitrogen and oxygen atoms in total. The fourth-order valence-corrected chi connectivity index (χ4v) is 4.68. The van der Waals surface area contributed by atoms with Crippen molar-refractivity contribution in [2.75, 3.05) is 6.61 Å². The summed E-state index contributed by atoms with van der Waals surface area (Å²) in [6.07, 6.45) is 4.40. The maximum atomic E-state index is 12.9. The minimum Gasteiger partial charge on any atom is -0.475 e. The lowest BCUT2D eigenvalue weighted by molar-refractivity contribution is -0.118. The Kier molecular flexibility index (Phi) is 5.54. The van der Waals surface area contributed by atoms with Gasteiger partial charge in [-0.3, -0.25) is 4.79 Å². The van der Waals surface area contributed by atoms with Gasteiger partial charge in [0.25, 0.3) is 10.0 Å². The average molecular weight is 455 g/mol. The van der Waals surface area contributed by atoms with Gasteiger partial charge in [0.2, 0.25) is 11.8 Å². The molecule has 1 aromatic carbocycles. The van der Waals surface area contributed by atoms with Gasteiger partial charge in [0, 0.05) is 18.5 Å². The van der Waals surface area contributed by atoms with E-state index in [2.05, 4.69) is 14.7 Å². The summed E-state index contributed by atoms with van der Waals surface area (Å²) in [7, 11) is -4.11. The molecule has 0 saturated carbocycles. The molecule has 2 aromatic heterocycles. The van der Waals surface area contributed by atoms with Crippen molar-refractivity contribution in [3.05, 3.63) is 60.2 Å². The van der Waals surface area contributed by atoms with Crippen LogP contribution in [0.2, 0.25) is 0 Å². The molecule has 4 rings (SSSR count). The first-order chi connectivity index (χ1) is 15.1. The maximum Gasteiger partial charge on any atom is 0.283 e. The van der Waals surface area contributed by atoms with E-state index in [1.165, 1.54) is 12.5 Å². The Morgan fingerprint density at radius 3 is 2.72 bits per heavy atom. The number of sulfonamides is 1. The van der Waals surface area contributed by atoms with Crippen molar-refractivity contribution >= 4 is 15.9 Å². The van der Waals surface area contributed by atoms with Crippen LogP contribution in [0.5, 0.6) is 5.88 Å². The van der Waals surface area contributed by atoms with Gasteiger partial charge in [0.1, 0.15) is 6.61 Å². The summed E-state index contributed by atoms with van der Waals surface area (Å²) in [5, 5.41) is -0.218. The second-order valence-corrected chi connectivity index (χ2v) is 10.5. The van der Waals surface area contributed by atoms with E-state index in [0.717, 1.165) is 22.3 Å². The zero-order valence-electron chi connectivity index (χ0n) is 18.5. The van der Waals surface area contributed by atoms with Gasteiger partial charge in [-0.2, -0.15) is 8.42 Å². The molecule has 1 aliphatic heterocycles. The van der Waals surface area contributed by atoms with Crippen LogP contribution in [0.25, 0.3) is 11.1 Å². The quantitative estimate of drug-likeness (QED) is 0.605. The standard InChI is InChI=1S/C23H26N4O4S/c1-15(2)17-6-5-7-18-16-8-9-24-21(10-16)31-13-23(3,4)27-12-22(25-14-27)32(29,30)26-20(28)11-19(17)18/h5-10,12,14-15H,11,13H2,1-4H3,(H,26,28). The number of nitrogens with one attached hydrogen (secondary N) is 1. The van der Waals surface area contributed by atoms with Crippen LogP contribution in [0.3, 0.4) is 0 Å². The minimum absolute atomic E-state index is 0.0897. The Labute approximate surface area is 187 Å². The van der Waals surface area contributed by atoms with Crippen molar-refractivity contribution in [3.63, 3.8) is 0 Å². The summed E-state index contributed by atoms with van der Waals surface area (Å²) in [5.74, 6) is -0.0252. The number of hydrogen-bond donors (Lipinski definition) is 1. The summed E-state index contributed by atoms with van der Waals surface area (Å²) in [6.45, 7) is 8.11. The van der Waals surface area contributed by atoms with E-state index in [1.54, 1.807) is 10.8 Å². The van der Waals surface area contributed by atoms with Crippen molar-refractivity contribution in [2.45, 2.75) is 50.6 Å². The molecule has 0 fully saturated rings. The van der Waals surface area contributed by atoms with E-state index >= 15 is 0 Å². The summed E-state index contributed by atoms with van der Waals surface area (Å²) in [6, 6.07) is 9.52. The van der Waals surface area contributed by atoms with E-state index in [0.29, 0.717) is 5.88 Å². The number of aromatic nitrogens is 3. The van der Waals surface area contributed by atoms with Crippen LogP contribution in [0, 0.1) is 0 Å². The smallest absolute Gasteiger partial charge is 0.283 e. The molecular formula is C23H26N4O4S. The Hall–Kier alpha value is -3.20. The topological polar surface area (TPSA) is 103 Å². The van der Waals surface area contributed by atoms with E-state index < -0.39 is 21.5 Å². The number of rotatable bonds is 1. The fraction of sp³-hybridized carbons (Fsp3) is 0.348. The third-order valence-corrected chi connectivity index (χ3v) is 6.83. The summed E-state index contributed by atoms with van der Waals surface area (Å²) >= 11 is 0. The lowest BCUT2D eigenvalue weighted by Crippen LogP contribution is -2.33. The monoisotopic (exact) mass is 454 g/mol. The molecule has 168 valence electrons. The number of fused-ring (bicyclic) bond motifs is 6. The Morgan fingerprint density at radius 2 is 1.97 bits per heavy atom. The third-order valence-electron chi connectivity index (χ3n) is 5.57. The lowest BCUT2D eigenvalue weighted by atomic mass is 9.88. The van der Waals surface area contributed by atoms with E-state index in [-0.39, 0.29) is 24.0 Å². The van der Waals surface area contributed by atoms with Crippen LogP contribution >= 0.6 is 0 Å². The van der Waals surface area contributed by atoms with E-state index in [9.17, 15) is 13.2 Å². The molecule has 0 atom stereocenters. The van der Waals surface area contributed by atoms with Crippen LogP contribution in [-0.4, -0.2) is 35.5 Å². The molecule has 3 heterocycles. The molecule has 9 heteroatoms. The van der Waals surface area contributed by atoms with Crippen molar-refractivity contribution < 1.29 is 17.9 Å². The predicted octanol–water partition coefficient (Wildman–Crippen LogP) is 3.24. The Morgan fingerprint density at radius 1 is 1.19 bits per heavy atom. The van der Waals surface area contributed by atoms with Crippen molar-refractivity contribution in [1.82, 2.24) is 19.3 Å². The molecule has 0 radical (unpaired) electrons. The van der Waals surface area contributed by atoms with Crippen molar-refractivity contribution in [1.29, 1.82) is 0 Å². The molecule has 1 aliphatic rings. The Bertz CT molecular complexity index is 1280. The molecule has 0 aliphatic carbocycles. The van der Waals surface area contributed by atoms with Gasteiger partial charge in [-0.25, -0.2) is 14.7 Å². The third kappa shape index (κ3) is 4.25. The highest BCUT2D eigenvalue weighted by Gasteiger charge is 2.28. The van der Waals surface area contributed by atoms with Crippen LogP contribution in [0.15, 0.2) is 54.1 Å². The number of pyridine rings is 1. The highest BCUT2D eigenvalue weighted by atomic mass is 32.2. The fourth-order valence-electron chi connectivity index (χ4n) is 3.77. The first kappa shape index (κ1) is 22.0. The van der Waals surface area contributed by atoms with Crippen LogP contribution < -0.4 is 9.46 Å². The molecule has 0 unspecified atom stereocenters. The zero-order valence-corrected chi connectivity index (χ0v) is 19.3. The number of benzene rings is 1. The highest BCUT2D eigenvalue weighted by Crippen LogP contribution is 2.32. The normalized spacial score (nSPS) is 17.5. The number of nitrogens with zero attached hydrogens (tertiary/aromatic N) is 3. The van der Waals surface area contributed by atoms with Crippen LogP contribution in [0.1, 0.15) is 44.7 Å². The first-order valence-electron chi connectivity index (χ1n) is 10.4. The number of amides is 1. The zero-order chi connectivity index (χ0) is 23.1. The van der Waals surface area contributed by atoms with E-state index in [4.69, 9.17) is 4.74 Å². The maximum absolute atomic E-state index is 12.9. The van der Waals surface area contributed by atoms with Gasteiger partial charge < -0.3 is 9.30 Å². The molecule has 0 saturated heterocycles. The van der Waals surface area contributed by atoms with Gasteiger partial charge >= 0.3 is 0 Å². The second kappa shape index (κ2) is 8.05.